The highest BCUT2D eigenvalue weighted by Gasteiger charge is 2.17. The Labute approximate surface area is 180 Å². The van der Waals surface area contributed by atoms with E-state index in [4.69, 9.17) is 9.47 Å². The molecule has 0 N–H and O–H groups in total. The molecule has 6 aromatic rings. The van der Waals surface area contributed by atoms with E-state index in [1.807, 2.05) is 6.07 Å². The average molecular weight is 403 g/mol. The maximum Gasteiger partial charge on any atom is 0.124 e. The number of hydrogen-bond acceptors (Lipinski definition) is 2. The van der Waals surface area contributed by atoms with E-state index in [9.17, 15) is 0 Å². The maximum atomic E-state index is 5.57. The Kier molecular flexibility index (Phi) is 3.90. The molecule has 0 aliphatic carbocycles. The second-order valence-electron chi connectivity index (χ2n) is 7.77. The van der Waals surface area contributed by atoms with Gasteiger partial charge in [-0.2, -0.15) is 0 Å². The van der Waals surface area contributed by atoms with Crippen molar-refractivity contribution in [3.8, 4) is 17.2 Å². The molecule has 0 aliphatic rings. The molecule has 1 heterocycles. The van der Waals surface area contributed by atoms with Crippen LogP contribution in [0.2, 0.25) is 0 Å². The SMILES string of the molecule is COc1cc(OC)cc(-n2c3ccc4ccccc4c3c3c4ccccc4ccc32)c1. The molecule has 0 saturated carbocycles. The lowest BCUT2D eigenvalue weighted by atomic mass is 10.00. The topological polar surface area (TPSA) is 23.4 Å². The van der Waals surface area contributed by atoms with Crippen molar-refractivity contribution in [1.29, 1.82) is 0 Å². The summed E-state index contributed by atoms with van der Waals surface area (Å²) in [6, 6.07) is 32.1. The van der Waals surface area contributed by atoms with Gasteiger partial charge in [0.2, 0.25) is 0 Å². The highest BCUT2D eigenvalue weighted by atomic mass is 16.5. The molecule has 6 rings (SSSR count). The van der Waals surface area contributed by atoms with E-state index in [1.165, 1.54) is 43.4 Å². The molecule has 0 saturated heterocycles. The highest BCUT2D eigenvalue weighted by Crippen LogP contribution is 2.41. The second kappa shape index (κ2) is 6.78. The summed E-state index contributed by atoms with van der Waals surface area (Å²) >= 11 is 0. The molecule has 0 bridgehead atoms. The van der Waals surface area contributed by atoms with Crippen molar-refractivity contribution in [3.05, 3.63) is 91.0 Å². The van der Waals surface area contributed by atoms with E-state index in [-0.39, 0.29) is 0 Å². The van der Waals surface area contributed by atoms with Crippen molar-refractivity contribution in [1.82, 2.24) is 4.57 Å². The Morgan fingerprint density at radius 1 is 0.548 bits per heavy atom. The molecule has 5 aromatic carbocycles. The molecule has 0 spiro atoms. The van der Waals surface area contributed by atoms with Crippen LogP contribution in [0.5, 0.6) is 11.5 Å². The first-order valence-corrected chi connectivity index (χ1v) is 10.4. The van der Waals surface area contributed by atoms with Gasteiger partial charge in [0.05, 0.1) is 30.9 Å². The molecule has 3 nitrogen and oxygen atoms in total. The van der Waals surface area contributed by atoms with Crippen LogP contribution in [0.15, 0.2) is 91.0 Å². The molecule has 1 aromatic heterocycles. The molecule has 0 fully saturated rings. The van der Waals surface area contributed by atoms with Gasteiger partial charge in [-0.15, -0.1) is 0 Å². The van der Waals surface area contributed by atoms with Crippen molar-refractivity contribution in [2.24, 2.45) is 0 Å². The van der Waals surface area contributed by atoms with Crippen LogP contribution < -0.4 is 9.47 Å². The predicted molar refractivity (Wildman–Crippen MR) is 129 cm³/mol. The fraction of sp³-hybridized carbons (Fsp3) is 0.0714. The fourth-order valence-electron chi connectivity index (χ4n) is 4.75. The van der Waals surface area contributed by atoms with Crippen LogP contribution in [0.1, 0.15) is 0 Å². The average Bonchev–Trinajstić information content (AvgIpc) is 3.19. The number of ether oxygens (including phenoxy) is 2. The number of fused-ring (bicyclic) bond motifs is 7. The van der Waals surface area contributed by atoms with Gasteiger partial charge in [0, 0.05) is 29.0 Å². The van der Waals surface area contributed by atoms with Crippen LogP contribution in [0.3, 0.4) is 0 Å². The summed E-state index contributed by atoms with van der Waals surface area (Å²) in [4.78, 5) is 0. The highest BCUT2D eigenvalue weighted by molar-refractivity contribution is 6.28. The second-order valence-corrected chi connectivity index (χ2v) is 7.77. The lowest BCUT2D eigenvalue weighted by molar-refractivity contribution is 0.394. The van der Waals surface area contributed by atoms with Gasteiger partial charge in [0.25, 0.3) is 0 Å². The summed E-state index contributed by atoms with van der Waals surface area (Å²) in [7, 11) is 3.37. The van der Waals surface area contributed by atoms with Crippen molar-refractivity contribution in [2.75, 3.05) is 14.2 Å². The van der Waals surface area contributed by atoms with Gasteiger partial charge >= 0.3 is 0 Å². The Hall–Kier alpha value is -3.98. The van der Waals surface area contributed by atoms with Crippen molar-refractivity contribution < 1.29 is 9.47 Å². The first-order chi connectivity index (χ1) is 15.3. The van der Waals surface area contributed by atoms with Crippen LogP contribution in [0.25, 0.3) is 49.0 Å². The minimum atomic E-state index is 0.769. The van der Waals surface area contributed by atoms with Crippen LogP contribution in [0, 0.1) is 0 Å². The van der Waals surface area contributed by atoms with E-state index >= 15 is 0 Å². The molecule has 31 heavy (non-hydrogen) atoms. The van der Waals surface area contributed by atoms with Crippen LogP contribution in [0.4, 0.5) is 0 Å². The van der Waals surface area contributed by atoms with E-state index in [1.54, 1.807) is 14.2 Å². The summed E-state index contributed by atoms with van der Waals surface area (Å²) in [5, 5.41) is 7.54. The van der Waals surface area contributed by atoms with Crippen molar-refractivity contribution in [2.45, 2.75) is 0 Å². The van der Waals surface area contributed by atoms with E-state index in [0.717, 1.165) is 17.2 Å². The summed E-state index contributed by atoms with van der Waals surface area (Å²) in [6.07, 6.45) is 0. The largest absolute Gasteiger partial charge is 0.497 e. The standard InChI is InChI=1S/C28H21NO2/c1-30-21-15-20(16-22(17-21)31-2)29-25-13-11-18-7-3-5-9-23(18)27(25)28-24-10-6-4-8-19(24)12-14-26(28)29/h3-17H,1-2H3. The normalized spacial score (nSPS) is 11.5. The number of methoxy groups -OCH3 is 2. The summed E-state index contributed by atoms with van der Waals surface area (Å²) in [6.45, 7) is 0. The molecule has 150 valence electrons. The van der Waals surface area contributed by atoms with Gasteiger partial charge in [0.15, 0.2) is 0 Å². The molecular formula is C28H21NO2. The zero-order valence-electron chi connectivity index (χ0n) is 17.4. The van der Waals surface area contributed by atoms with E-state index in [2.05, 4.69) is 89.5 Å². The minimum absolute atomic E-state index is 0.769. The van der Waals surface area contributed by atoms with E-state index < -0.39 is 0 Å². The molecule has 0 aliphatic heterocycles. The number of rotatable bonds is 3. The zero-order valence-corrected chi connectivity index (χ0v) is 17.4. The summed E-state index contributed by atoms with van der Waals surface area (Å²) in [5.41, 5.74) is 3.35. The smallest absolute Gasteiger partial charge is 0.124 e. The summed E-state index contributed by atoms with van der Waals surface area (Å²) < 4.78 is 13.4. The van der Waals surface area contributed by atoms with Crippen LogP contribution in [-0.2, 0) is 0 Å². The lowest BCUT2D eigenvalue weighted by Crippen LogP contribution is -1.96. The quantitative estimate of drug-likeness (QED) is 0.314. The maximum absolute atomic E-state index is 5.57. The Morgan fingerprint density at radius 3 is 1.52 bits per heavy atom. The number of nitrogens with zero attached hydrogens (tertiary/aromatic N) is 1. The third kappa shape index (κ3) is 2.60. The lowest BCUT2D eigenvalue weighted by Gasteiger charge is -2.12. The van der Waals surface area contributed by atoms with Gasteiger partial charge in [-0.1, -0.05) is 60.7 Å². The van der Waals surface area contributed by atoms with Crippen molar-refractivity contribution >= 4 is 43.4 Å². The molecule has 0 atom stereocenters. The Balaban J connectivity index is 1.87. The fourth-order valence-corrected chi connectivity index (χ4v) is 4.75. The Bertz CT molecular complexity index is 1500. The first-order valence-electron chi connectivity index (χ1n) is 10.4. The zero-order chi connectivity index (χ0) is 20.9. The van der Waals surface area contributed by atoms with Gasteiger partial charge < -0.3 is 14.0 Å². The molecule has 0 radical (unpaired) electrons. The predicted octanol–water partition coefficient (Wildman–Crippen LogP) is 7.11. The number of aromatic nitrogens is 1. The third-order valence-corrected chi connectivity index (χ3v) is 6.14. The molecule has 0 amide bonds. The Morgan fingerprint density at radius 2 is 1.03 bits per heavy atom. The van der Waals surface area contributed by atoms with Crippen molar-refractivity contribution in [3.63, 3.8) is 0 Å². The van der Waals surface area contributed by atoms with E-state index in [0.29, 0.717) is 0 Å². The molecule has 3 heteroatoms. The van der Waals surface area contributed by atoms with Gasteiger partial charge in [-0.3, -0.25) is 0 Å². The third-order valence-electron chi connectivity index (χ3n) is 6.14. The molecular weight excluding hydrogens is 382 g/mol. The van der Waals surface area contributed by atoms with Gasteiger partial charge in [-0.25, -0.2) is 0 Å². The van der Waals surface area contributed by atoms with Gasteiger partial charge in [-0.05, 0) is 33.7 Å². The van der Waals surface area contributed by atoms with Crippen LogP contribution in [-0.4, -0.2) is 18.8 Å². The monoisotopic (exact) mass is 403 g/mol. The minimum Gasteiger partial charge on any atom is -0.497 e. The molecule has 0 unspecified atom stereocenters. The number of benzene rings is 5. The van der Waals surface area contributed by atoms with Gasteiger partial charge in [0.1, 0.15) is 11.5 Å². The summed E-state index contributed by atoms with van der Waals surface area (Å²) in [5.74, 6) is 1.54. The number of hydrogen-bond donors (Lipinski definition) is 0. The van der Waals surface area contributed by atoms with Crippen LogP contribution >= 0.6 is 0 Å². The first kappa shape index (κ1) is 17.8.